The summed E-state index contributed by atoms with van der Waals surface area (Å²) in [5.41, 5.74) is 0. The van der Waals surface area contributed by atoms with Crippen molar-refractivity contribution >= 4 is 11.8 Å². The maximum absolute atomic E-state index is 12.0. The first-order valence-electron chi connectivity index (χ1n) is 7.34. The Morgan fingerprint density at radius 2 is 1.65 bits per heavy atom. The molecule has 1 saturated heterocycles. The third-order valence-electron chi connectivity index (χ3n) is 3.31. The van der Waals surface area contributed by atoms with E-state index in [4.69, 9.17) is 9.47 Å². The van der Waals surface area contributed by atoms with Gasteiger partial charge in [-0.25, -0.2) is 0 Å². The molecule has 0 radical (unpaired) electrons. The summed E-state index contributed by atoms with van der Waals surface area (Å²) in [5, 5.41) is 0. The van der Waals surface area contributed by atoms with Gasteiger partial charge in [-0.3, -0.25) is 9.59 Å². The highest BCUT2D eigenvalue weighted by atomic mass is 16.7. The summed E-state index contributed by atoms with van der Waals surface area (Å²) in [7, 11) is 0. The molecule has 20 heavy (non-hydrogen) atoms. The Morgan fingerprint density at radius 3 is 2.15 bits per heavy atom. The van der Waals surface area contributed by atoms with Crippen LogP contribution in [0.5, 0.6) is 0 Å². The minimum atomic E-state index is -0.420. The van der Waals surface area contributed by atoms with Crippen molar-refractivity contribution in [1.82, 2.24) is 9.80 Å². The van der Waals surface area contributed by atoms with Crippen LogP contribution in [0, 0.1) is 0 Å². The molecule has 0 aromatic heterocycles. The monoisotopic (exact) mass is 286 g/mol. The molecule has 6 heteroatoms. The van der Waals surface area contributed by atoms with Crippen molar-refractivity contribution in [2.45, 2.75) is 46.4 Å². The van der Waals surface area contributed by atoms with Crippen molar-refractivity contribution < 1.29 is 19.1 Å². The predicted molar refractivity (Wildman–Crippen MR) is 75.1 cm³/mol. The van der Waals surface area contributed by atoms with E-state index in [2.05, 4.69) is 0 Å². The topological polar surface area (TPSA) is 59.1 Å². The molecule has 6 nitrogen and oxygen atoms in total. The van der Waals surface area contributed by atoms with E-state index in [1.165, 1.54) is 0 Å². The second-order valence-electron chi connectivity index (χ2n) is 5.01. The molecule has 0 N–H and O–H groups in total. The number of nitrogens with zero attached hydrogens (tertiary/aromatic N) is 2. The van der Waals surface area contributed by atoms with Gasteiger partial charge in [0, 0.05) is 45.3 Å². The normalized spacial score (nSPS) is 16.7. The Kier molecular flexibility index (Phi) is 6.95. The van der Waals surface area contributed by atoms with Crippen LogP contribution < -0.4 is 0 Å². The van der Waals surface area contributed by atoms with Crippen LogP contribution in [-0.2, 0) is 19.1 Å². The van der Waals surface area contributed by atoms with Crippen molar-refractivity contribution in [3.8, 4) is 0 Å². The lowest BCUT2D eigenvalue weighted by molar-refractivity contribution is -0.161. The van der Waals surface area contributed by atoms with Crippen molar-refractivity contribution in [3.05, 3.63) is 0 Å². The van der Waals surface area contributed by atoms with E-state index in [9.17, 15) is 9.59 Å². The number of carbonyl (C=O) groups is 2. The van der Waals surface area contributed by atoms with E-state index in [-0.39, 0.29) is 12.3 Å². The van der Waals surface area contributed by atoms with E-state index in [1.54, 1.807) is 9.80 Å². The average molecular weight is 286 g/mol. The third kappa shape index (κ3) is 4.45. The van der Waals surface area contributed by atoms with Crippen molar-refractivity contribution in [2.75, 3.05) is 32.8 Å². The molecule has 0 aromatic rings. The van der Waals surface area contributed by atoms with E-state index in [0.717, 1.165) is 0 Å². The molecule has 2 amide bonds. The summed E-state index contributed by atoms with van der Waals surface area (Å²) in [6.45, 7) is 10.4. The molecule has 0 spiro atoms. The van der Waals surface area contributed by atoms with Gasteiger partial charge >= 0.3 is 11.8 Å². The molecule has 1 heterocycles. The lowest BCUT2D eigenvalue weighted by atomic mass is 10.2. The standard InChI is InChI=1S/C14H26N2O4/c1-5-19-12(20-6-2)7-8-15-9-10-16(11(3)4)14(18)13(15)17/h11-12H,5-10H2,1-4H3. The van der Waals surface area contributed by atoms with Gasteiger partial charge in [0.05, 0.1) is 0 Å². The fourth-order valence-electron chi connectivity index (χ4n) is 2.24. The summed E-state index contributed by atoms with van der Waals surface area (Å²) in [5.74, 6) is -0.827. The largest absolute Gasteiger partial charge is 0.353 e. The first kappa shape index (κ1) is 16.9. The van der Waals surface area contributed by atoms with Gasteiger partial charge in [-0.2, -0.15) is 0 Å². The molecule has 0 saturated carbocycles. The molecular weight excluding hydrogens is 260 g/mol. The number of hydrogen-bond acceptors (Lipinski definition) is 4. The van der Waals surface area contributed by atoms with Crippen LogP contribution in [0.25, 0.3) is 0 Å². The zero-order valence-corrected chi connectivity index (χ0v) is 12.9. The quantitative estimate of drug-likeness (QED) is 0.490. The van der Waals surface area contributed by atoms with Gasteiger partial charge < -0.3 is 19.3 Å². The van der Waals surface area contributed by atoms with Gasteiger partial charge in [-0.1, -0.05) is 0 Å². The molecule has 0 unspecified atom stereocenters. The SMILES string of the molecule is CCOC(CCN1CCN(C(C)C)C(=O)C1=O)OCC. The number of carbonyl (C=O) groups excluding carboxylic acids is 2. The zero-order chi connectivity index (χ0) is 15.1. The molecule has 116 valence electrons. The van der Waals surface area contributed by atoms with Crippen LogP contribution in [0.3, 0.4) is 0 Å². The Bertz CT molecular complexity index is 327. The van der Waals surface area contributed by atoms with Gasteiger partial charge in [0.15, 0.2) is 6.29 Å². The Balaban J connectivity index is 2.49. The molecule has 0 atom stereocenters. The molecule has 1 aliphatic rings. The Morgan fingerprint density at radius 1 is 1.05 bits per heavy atom. The van der Waals surface area contributed by atoms with E-state index in [1.807, 2.05) is 27.7 Å². The lowest BCUT2D eigenvalue weighted by Gasteiger charge is -2.36. The van der Waals surface area contributed by atoms with Crippen LogP contribution >= 0.6 is 0 Å². The van der Waals surface area contributed by atoms with Crippen LogP contribution in [0.4, 0.5) is 0 Å². The zero-order valence-electron chi connectivity index (χ0n) is 12.9. The number of hydrogen-bond donors (Lipinski definition) is 0. The Labute approximate surface area is 121 Å². The van der Waals surface area contributed by atoms with Crippen molar-refractivity contribution in [2.24, 2.45) is 0 Å². The van der Waals surface area contributed by atoms with E-state index >= 15 is 0 Å². The van der Waals surface area contributed by atoms with Gasteiger partial charge in [0.25, 0.3) is 0 Å². The summed E-state index contributed by atoms with van der Waals surface area (Å²) >= 11 is 0. The van der Waals surface area contributed by atoms with Gasteiger partial charge in [-0.05, 0) is 27.7 Å². The fraction of sp³-hybridized carbons (Fsp3) is 0.857. The number of piperazine rings is 1. The minimum Gasteiger partial charge on any atom is -0.353 e. The lowest BCUT2D eigenvalue weighted by Crippen LogP contribution is -2.56. The first-order chi connectivity index (χ1) is 9.51. The number of rotatable bonds is 8. The fourth-order valence-corrected chi connectivity index (χ4v) is 2.24. The molecule has 0 bridgehead atoms. The predicted octanol–water partition coefficient (Wildman–Crippen LogP) is 0.855. The van der Waals surface area contributed by atoms with Gasteiger partial charge in [0.2, 0.25) is 0 Å². The highest BCUT2D eigenvalue weighted by molar-refractivity contribution is 6.35. The van der Waals surface area contributed by atoms with Crippen LogP contribution in [-0.4, -0.2) is 66.8 Å². The van der Waals surface area contributed by atoms with Crippen molar-refractivity contribution in [1.29, 1.82) is 0 Å². The minimum absolute atomic E-state index is 0.0631. The van der Waals surface area contributed by atoms with Crippen LogP contribution in [0.2, 0.25) is 0 Å². The summed E-state index contributed by atoms with van der Waals surface area (Å²) in [6.07, 6.45) is 0.276. The summed E-state index contributed by atoms with van der Waals surface area (Å²) in [4.78, 5) is 27.2. The molecule has 1 rings (SSSR count). The molecule has 1 fully saturated rings. The molecule has 0 aromatic carbocycles. The molecular formula is C14H26N2O4. The second kappa shape index (κ2) is 8.21. The highest BCUT2D eigenvalue weighted by Gasteiger charge is 2.33. The average Bonchev–Trinajstić information content (AvgIpc) is 2.40. The van der Waals surface area contributed by atoms with Crippen LogP contribution in [0.15, 0.2) is 0 Å². The summed E-state index contributed by atoms with van der Waals surface area (Å²) < 4.78 is 10.9. The van der Waals surface area contributed by atoms with Gasteiger partial charge in [0.1, 0.15) is 0 Å². The highest BCUT2D eigenvalue weighted by Crippen LogP contribution is 2.11. The van der Waals surface area contributed by atoms with E-state index in [0.29, 0.717) is 39.3 Å². The number of ether oxygens (including phenoxy) is 2. The third-order valence-corrected chi connectivity index (χ3v) is 3.31. The smallest absolute Gasteiger partial charge is 0.312 e. The van der Waals surface area contributed by atoms with Crippen LogP contribution in [0.1, 0.15) is 34.1 Å². The Hall–Kier alpha value is -1.14. The van der Waals surface area contributed by atoms with Gasteiger partial charge in [-0.15, -0.1) is 0 Å². The summed E-state index contributed by atoms with van der Waals surface area (Å²) in [6, 6.07) is 0.0631. The molecule has 0 aliphatic carbocycles. The van der Waals surface area contributed by atoms with Crippen molar-refractivity contribution in [3.63, 3.8) is 0 Å². The first-order valence-corrected chi connectivity index (χ1v) is 7.34. The molecule has 1 aliphatic heterocycles. The van der Waals surface area contributed by atoms with E-state index < -0.39 is 11.8 Å². The number of amides is 2. The second-order valence-corrected chi connectivity index (χ2v) is 5.01. The maximum atomic E-state index is 12.0. The maximum Gasteiger partial charge on any atom is 0.312 e.